The van der Waals surface area contributed by atoms with Crippen LogP contribution in [0.2, 0.25) is 0 Å². The minimum atomic E-state index is 0.172. The first-order chi connectivity index (χ1) is 11.1. The van der Waals surface area contributed by atoms with Crippen LogP contribution in [-0.4, -0.2) is 27.1 Å². The third kappa shape index (κ3) is 3.19. The summed E-state index contributed by atoms with van der Waals surface area (Å²) in [5.41, 5.74) is 2.98. The molecule has 3 heterocycles. The van der Waals surface area contributed by atoms with Gasteiger partial charge < -0.3 is 14.0 Å². The lowest BCUT2D eigenvalue weighted by Gasteiger charge is -2.30. The number of aromatic nitrogens is 2. The zero-order chi connectivity index (χ0) is 16.4. The normalized spacial score (nSPS) is 18.9. The van der Waals surface area contributed by atoms with E-state index in [1.807, 2.05) is 13.8 Å². The molecule has 1 atom stereocenters. The van der Waals surface area contributed by atoms with Gasteiger partial charge in [0.15, 0.2) is 0 Å². The highest BCUT2D eigenvalue weighted by Gasteiger charge is 2.29. The summed E-state index contributed by atoms with van der Waals surface area (Å²) >= 11 is 0. The van der Waals surface area contributed by atoms with Gasteiger partial charge in [-0.05, 0) is 38.8 Å². The second kappa shape index (κ2) is 6.60. The lowest BCUT2D eigenvalue weighted by Crippen LogP contribution is -2.36. The summed E-state index contributed by atoms with van der Waals surface area (Å²) in [6.07, 6.45) is 6.90. The number of carbonyl (C=O) groups is 1. The van der Waals surface area contributed by atoms with Gasteiger partial charge in [0.2, 0.25) is 5.91 Å². The van der Waals surface area contributed by atoms with Gasteiger partial charge in [-0.3, -0.25) is 4.79 Å². The lowest BCUT2D eigenvalue weighted by molar-refractivity contribution is -0.133. The van der Waals surface area contributed by atoms with Gasteiger partial charge >= 0.3 is 0 Å². The molecule has 0 spiro atoms. The van der Waals surface area contributed by atoms with E-state index < -0.39 is 0 Å². The maximum absolute atomic E-state index is 13.0. The predicted octanol–water partition coefficient (Wildman–Crippen LogP) is 3.32. The van der Waals surface area contributed by atoms with E-state index in [4.69, 9.17) is 4.52 Å². The van der Waals surface area contributed by atoms with Crippen molar-refractivity contribution in [2.45, 2.75) is 52.0 Å². The fourth-order valence-electron chi connectivity index (χ4n) is 3.54. The molecule has 5 heteroatoms. The minimum absolute atomic E-state index is 0.172. The van der Waals surface area contributed by atoms with E-state index in [9.17, 15) is 4.79 Å². The quantitative estimate of drug-likeness (QED) is 0.873. The van der Waals surface area contributed by atoms with Crippen LogP contribution in [0.15, 0.2) is 22.9 Å². The van der Waals surface area contributed by atoms with E-state index in [1.54, 1.807) is 0 Å². The summed E-state index contributed by atoms with van der Waals surface area (Å²) in [7, 11) is 2.05. The molecule has 0 saturated carbocycles. The molecule has 3 rings (SSSR count). The number of likely N-dealkylation sites (tertiary alicyclic amines) is 1. The fourth-order valence-corrected chi connectivity index (χ4v) is 3.54. The summed E-state index contributed by atoms with van der Waals surface area (Å²) < 4.78 is 7.33. The summed E-state index contributed by atoms with van der Waals surface area (Å²) in [5, 5.41) is 3.97. The van der Waals surface area contributed by atoms with Gasteiger partial charge in [0.25, 0.3) is 0 Å². The molecule has 1 amide bonds. The van der Waals surface area contributed by atoms with Crippen molar-refractivity contribution in [1.82, 2.24) is 14.6 Å². The summed E-state index contributed by atoms with van der Waals surface area (Å²) in [4.78, 5) is 15.1. The first kappa shape index (κ1) is 15.8. The number of hydrogen-bond acceptors (Lipinski definition) is 3. The van der Waals surface area contributed by atoms with Gasteiger partial charge in [0.1, 0.15) is 5.76 Å². The Balaban J connectivity index is 1.85. The fraction of sp³-hybridized carbons (Fsp3) is 0.556. The predicted molar refractivity (Wildman–Crippen MR) is 88.0 cm³/mol. The summed E-state index contributed by atoms with van der Waals surface area (Å²) in [6, 6.07) is 4.36. The second-order valence-electron chi connectivity index (χ2n) is 6.48. The van der Waals surface area contributed by atoms with Gasteiger partial charge in [-0.2, -0.15) is 0 Å². The standard InChI is InChI=1S/C18H25N3O2/c1-13-15(14(2)23-19-13)12-18(22)21-11-6-4-5-8-17(21)16-9-7-10-20(16)3/h7,9-10,17H,4-6,8,11-12H2,1-3H3. The van der Waals surface area contributed by atoms with Crippen LogP contribution < -0.4 is 0 Å². The molecule has 1 saturated heterocycles. The van der Waals surface area contributed by atoms with Crippen molar-refractivity contribution < 1.29 is 9.32 Å². The molecule has 23 heavy (non-hydrogen) atoms. The van der Waals surface area contributed by atoms with E-state index in [1.165, 1.54) is 18.5 Å². The lowest BCUT2D eigenvalue weighted by atomic mass is 10.0. The van der Waals surface area contributed by atoms with Crippen molar-refractivity contribution in [2.24, 2.45) is 7.05 Å². The first-order valence-electron chi connectivity index (χ1n) is 8.40. The molecule has 2 aromatic heterocycles. The minimum Gasteiger partial charge on any atom is -0.361 e. The van der Waals surface area contributed by atoms with Crippen LogP contribution in [0.4, 0.5) is 0 Å². The van der Waals surface area contributed by atoms with E-state index >= 15 is 0 Å². The van der Waals surface area contributed by atoms with Crippen LogP contribution in [0, 0.1) is 13.8 Å². The Kier molecular flexibility index (Phi) is 4.55. The summed E-state index contributed by atoms with van der Waals surface area (Å²) in [5.74, 6) is 0.925. The van der Waals surface area contributed by atoms with Crippen LogP contribution in [0.25, 0.3) is 0 Å². The van der Waals surface area contributed by atoms with E-state index in [0.717, 1.165) is 36.4 Å². The molecule has 0 bridgehead atoms. The maximum atomic E-state index is 13.0. The Hall–Kier alpha value is -2.04. The maximum Gasteiger partial charge on any atom is 0.227 e. The van der Waals surface area contributed by atoms with Crippen molar-refractivity contribution in [2.75, 3.05) is 6.54 Å². The third-order valence-electron chi connectivity index (χ3n) is 4.91. The van der Waals surface area contributed by atoms with Gasteiger partial charge in [-0.15, -0.1) is 0 Å². The highest BCUT2D eigenvalue weighted by Crippen LogP contribution is 2.31. The van der Waals surface area contributed by atoms with Gasteiger partial charge in [-0.1, -0.05) is 18.0 Å². The molecule has 1 unspecified atom stereocenters. The molecule has 5 nitrogen and oxygen atoms in total. The Bertz CT molecular complexity index is 667. The number of amides is 1. The van der Waals surface area contributed by atoms with Crippen molar-refractivity contribution in [3.8, 4) is 0 Å². The number of carbonyl (C=O) groups excluding carboxylic acids is 1. The van der Waals surface area contributed by atoms with Crippen LogP contribution in [0.3, 0.4) is 0 Å². The molecule has 1 aliphatic rings. The molecule has 0 aromatic carbocycles. The molecular weight excluding hydrogens is 290 g/mol. The van der Waals surface area contributed by atoms with Crippen molar-refractivity contribution in [1.29, 1.82) is 0 Å². The smallest absolute Gasteiger partial charge is 0.227 e. The number of nitrogens with zero attached hydrogens (tertiary/aromatic N) is 3. The zero-order valence-corrected chi connectivity index (χ0v) is 14.2. The van der Waals surface area contributed by atoms with E-state index in [-0.39, 0.29) is 11.9 Å². The Morgan fingerprint density at radius 3 is 2.83 bits per heavy atom. The van der Waals surface area contributed by atoms with Crippen LogP contribution >= 0.6 is 0 Å². The van der Waals surface area contributed by atoms with Gasteiger partial charge in [0.05, 0.1) is 18.2 Å². The zero-order valence-electron chi connectivity index (χ0n) is 14.2. The SMILES string of the molecule is Cc1noc(C)c1CC(=O)N1CCCCCC1c1cccn1C. The van der Waals surface area contributed by atoms with Gasteiger partial charge in [0, 0.05) is 31.0 Å². The van der Waals surface area contributed by atoms with Gasteiger partial charge in [-0.25, -0.2) is 0 Å². The summed E-state index contributed by atoms with van der Waals surface area (Å²) in [6.45, 7) is 4.61. The monoisotopic (exact) mass is 315 g/mol. The highest BCUT2D eigenvalue weighted by molar-refractivity contribution is 5.79. The van der Waals surface area contributed by atoms with Crippen LogP contribution in [-0.2, 0) is 18.3 Å². The molecule has 1 fully saturated rings. The second-order valence-corrected chi connectivity index (χ2v) is 6.48. The molecule has 0 N–H and O–H groups in total. The highest BCUT2D eigenvalue weighted by atomic mass is 16.5. The molecule has 2 aromatic rings. The molecule has 0 radical (unpaired) electrons. The van der Waals surface area contributed by atoms with Crippen LogP contribution in [0.1, 0.15) is 54.4 Å². The Labute approximate surface area is 137 Å². The number of aryl methyl sites for hydroxylation is 3. The molecule has 0 aliphatic carbocycles. The average molecular weight is 315 g/mol. The largest absolute Gasteiger partial charge is 0.361 e. The molecular formula is C18H25N3O2. The topological polar surface area (TPSA) is 51.3 Å². The van der Waals surface area contributed by atoms with Crippen LogP contribution in [0.5, 0.6) is 0 Å². The average Bonchev–Trinajstić information content (AvgIpc) is 2.98. The number of rotatable bonds is 3. The first-order valence-corrected chi connectivity index (χ1v) is 8.40. The number of hydrogen-bond donors (Lipinski definition) is 0. The molecule has 1 aliphatic heterocycles. The van der Waals surface area contributed by atoms with Crippen molar-refractivity contribution in [3.05, 3.63) is 41.0 Å². The Morgan fingerprint density at radius 1 is 1.35 bits per heavy atom. The van der Waals surface area contributed by atoms with Crippen molar-refractivity contribution >= 4 is 5.91 Å². The third-order valence-corrected chi connectivity index (χ3v) is 4.91. The van der Waals surface area contributed by atoms with E-state index in [0.29, 0.717) is 6.42 Å². The Morgan fingerprint density at radius 2 is 2.17 bits per heavy atom. The van der Waals surface area contributed by atoms with E-state index in [2.05, 4.69) is 40.0 Å². The van der Waals surface area contributed by atoms with Crippen molar-refractivity contribution in [3.63, 3.8) is 0 Å². The molecule has 124 valence electrons.